The molecule has 5 heterocycles. The van der Waals surface area contributed by atoms with Crippen LogP contribution in [-0.2, 0) is 4.79 Å². The summed E-state index contributed by atoms with van der Waals surface area (Å²) < 4.78 is 0. The number of rotatable bonds is 2. The largest absolute Gasteiger partial charge is 0.354 e. The third-order valence-corrected chi connectivity index (χ3v) is 6.21. The molecule has 0 radical (unpaired) electrons. The summed E-state index contributed by atoms with van der Waals surface area (Å²) in [6, 6.07) is -0.224. The van der Waals surface area contributed by atoms with Crippen molar-refractivity contribution >= 4 is 28.9 Å². The smallest absolute Gasteiger partial charge is 0.327 e. The van der Waals surface area contributed by atoms with E-state index in [-0.39, 0.29) is 18.1 Å². The van der Waals surface area contributed by atoms with Crippen LogP contribution in [0.15, 0.2) is 12.7 Å². The highest BCUT2D eigenvalue weighted by molar-refractivity contribution is 5.96. The molecule has 3 amide bonds. The molecule has 3 aliphatic rings. The van der Waals surface area contributed by atoms with Gasteiger partial charge in [-0.3, -0.25) is 14.6 Å². The predicted molar refractivity (Wildman–Crippen MR) is 96.8 cm³/mol. The monoisotopic (exact) mass is 370 g/mol. The molecule has 0 bridgehead atoms. The van der Waals surface area contributed by atoms with Crippen molar-refractivity contribution in [2.45, 2.75) is 12.6 Å². The van der Waals surface area contributed by atoms with Crippen molar-refractivity contribution in [3.8, 4) is 0 Å². The Morgan fingerprint density at radius 3 is 2.52 bits per heavy atom. The Kier molecular flexibility index (Phi) is 3.58. The van der Waals surface area contributed by atoms with Gasteiger partial charge in [-0.2, -0.15) is 0 Å². The lowest BCUT2D eigenvalue weighted by molar-refractivity contribution is -0.133. The fourth-order valence-electron chi connectivity index (χ4n) is 4.71. The Hall–Kier alpha value is -2.75. The van der Waals surface area contributed by atoms with Crippen LogP contribution < -0.4 is 4.90 Å². The van der Waals surface area contributed by atoms with Crippen molar-refractivity contribution in [2.75, 3.05) is 45.2 Å². The van der Waals surface area contributed by atoms with Crippen LogP contribution >= 0.6 is 0 Å². The van der Waals surface area contributed by atoms with Gasteiger partial charge in [-0.05, 0) is 11.8 Å². The van der Waals surface area contributed by atoms with Crippen molar-refractivity contribution in [3.63, 3.8) is 0 Å². The molecule has 2 aromatic rings. The summed E-state index contributed by atoms with van der Waals surface area (Å²) in [6.45, 7) is 3.59. The second-order valence-corrected chi connectivity index (χ2v) is 7.71. The maximum absolute atomic E-state index is 12.3. The number of carbonyl (C=O) groups excluding carboxylic acids is 2. The van der Waals surface area contributed by atoms with E-state index in [1.54, 1.807) is 31.6 Å². The molecule has 0 aliphatic carbocycles. The molecule has 1 N–H and O–H groups in total. The quantitative estimate of drug-likeness (QED) is 0.791. The van der Waals surface area contributed by atoms with Crippen LogP contribution in [0.5, 0.6) is 0 Å². The van der Waals surface area contributed by atoms with Crippen LogP contribution in [0.4, 0.5) is 10.6 Å². The van der Waals surface area contributed by atoms with Gasteiger partial charge in [0.25, 0.3) is 0 Å². The van der Waals surface area contributed by atoms with E-state index in [1.165, 1.54) is 4.90 Å². The number of aromatic nitrogens is 4. The first-order chi connectivity index (χ1) is 13.0. The molecule has 142 valence electrons. The third kappa shape index (κ3) is 2.47. The molecule has 3 saturated heterocycles. The van der Waals surface area contributed by atoms with Crippen LogP contribution in [0.1, 0.15) is 6.42 Å². The van der Waals surface area contributed by atoms with Gasteiger partial charge in [0, 0.05) is 40.3 Å². The molecule has 3 atom stereocenters. The minimum atomic E-state index is -0.224. The van der Waals surface area contributed by atoms with Gasteiger partial charge in [0.1, 0.15) is 11.8 Å². The normalized spacial score (nSPS) is 29.3. The van der Waals surface area contributed by atoms with E-state index in [1.807, 2.05) is 0 Å². The van der Waals surface area contributed by atoms with E-state index in [9.17, 15) is 9.59 Å². The molecule has 10 heteroatoms. The van der Waals surface area contributed by atoms with Crippen molar-refractivity contribution in [3.05, 3.63) is 12.7 Å². The number of likely N-dealkylation sites (tertiary alicyclic amines) is 1. The lowest BCUT2D eigenvalue weighted by atomic mass is 10.0. The maximum Gasteiger partial charge on any atom is 0.327 e. The van der Waals surface area contributed by atoms with Crippen molar-refractivity contribution in [2.24, 2.45) is 11.8 Å². The molecule has 0 aromatic carbocycles. The molecule has 0 saturated carbocycles. The molecule has 27 heavy (non-hydrogen) atoms. The van der Waals surface area contributed by atoms with Gasteiger partial charge in [0.15, 0.2) is 11.5 Å². The molecule has 3 fully saturated rings. The van der Waals surface area contributed by atoms with Gasteiger partial charge in [-0.25, -0.2) is 19.7 Å². The summed E-state index contributed by atoms with van der Waals surface area (Å²) in [7, 11) is 3.33. The average molecular weight is 370 g/mol. The van der Waals surface area contributed by atoms with Crippen LogP contribution in [0.3, 0.4) is 0 Å². The van der Waals surface area contributed by atoms with E-state index in [0.29, 0.717) is 23.9 Å². The second kappa shape index (κ2) is 5.88. The van der Waals surface area contributed by atoms with Gasteiger partial charge >= 0.3 is 6.03 Å². The molecule has 3 unspecified atom stereocenters. The number of amides is 3. The van der Waals surface area contributed by atoms with Gasteiger partial charge in [-0.15, -0.1) is 0 Å². The molecule has 10 nitrogen and oxygen atoms in total. The summed E-state index contributed by atoms with van der Waals surface area (Å²) >= 11 is 0. The minimum absolute atomic E-state index is 0.107. The molecule has 5 rings (SSSR count). The topological polar surface area (TPSA) is 102 Å². The highest BCUT2D eigenvalue weighted by Crippen LogP contribution is 2.36. The molecular weight excluding hydrogens is 348 g/mol. The first kappa shape index (κ1) is 16.4. The summed E-state index contributed by atoms with van der Waals surface area (Å²) in [6.07, 6.45) is 3.43. The number of hydrogen-bond donors (Lipinski definition) is 1. The van der Waals surface area contributed by atoms with Gasteiger partial charge < -0.3 is 14.8 Å². The lowest BCUT2D eigenvalue weighted by Gasteiger charge is -2.41. The van der Waals surface area contributed by atoms with Crippen LogP contribution in [0.2, 0.25) is 0 Å². The minimum Gasteiger partial charge on any atom is -0.354 e. The number of aromatic amines is 1. The predicted octanol–water partition coefficient (Wildman–Crippen LogP) is -0.0391. The number of urea groups is 1. The van der Waals surface area contributed by atoms with Crippen LogP contribution in [0, 0.1) is 11.8 Å². The number of hydrogen-bond acceptors (Lipinski definition) is 7. The zero-order valence-electron chi connectivity index (χ0n) is 15.4. The lowest BCUT2D eigenvalue weighted by Crippen LogP contribution is -2.59. The van der Waals surface area contributed by atoms with Gasteiger partial charge in [0.2, 0.25) is 5.91 Å². The number of fused-ring (bicyclic) bond motifs is 2. The number of carbonyl (C=O) groups is 2. The molecule has 2 aromatic heterocycles. The second-order valence-electron chi connectivity index (χ2n) is 7.71. The number of nitrogens with zero attached hydrogens (tertiary/aromatic N) is 7. The van der Waals surface area contributed by atoms with E-state index in [2.05, 4.69) is 29.7 Å². The van der Waals surface area contributed by atoms with Crippen molar-refractivity contribution < 1.29 is 9.59 Å². The van der Waals surface area contributed by atoms with Crippen LogP contribution in [0.25, 0.3) is 11.2 Å². The summed E-state index contributed by atoms with van der Waals surface area (Å²) in [4.78, 5) is 47.9. The third-order valence-electron chi connectivity index (χ3n) is 6.21. The zero-order chi connectivity index (χ0) is 18.7. The van der Waals surface area contributed by atoms with E-state index in [0.717, 1.165) is 37.5 Å². The Morgan fingerprint density at radius 1 is 1.04 bits per heavy atom. The Balaban J connectivity index is 1.31. The van der Waals surface area contributed by atoms with Gasteiger partial charge in [0.05, 0.1) is 18.9 Å². The standard InChI is InChI=1S/C17H22N8O2/c1-22-12(3-13(26)23(2)17(22)27)24-4-10-6-25(7-11(10)5-24)16-14-15(19-8-18-14)20-9-21-16/h8-12H,3-7H2,1-2H3,(H,18,19,20,21). The first-order valence-corrected chi connectivity index (χ1v) is 9.19. The highest BCUT2D eigenvalue weighted by atomic mass is 16.2. The van der Waals surface area contributed by atoms with Crippen molar-refractivity contribution in [1.82, 2.24) is 34.6 Å². The van der Waals surface area contributed by atoms with E-state index >= 15 is 0 Å². The highest BCUT2D eigenvalue weighted by Gasteiger charge is 2.46. The van der Waals surface area contributed by atoms with E-state index in [4.69, 9.17) is 0 Å². The Labute approximate surface area is 156 Å². The fourth-order valence-corrected chi connectivity index (χ4v) is 4.71. The molecular formula is C17H22N8O2. The SMILES string of the molecule is CN1C(=O)CC(N2CC3CN(c4ncnc5nc[nH]c45)CC3C2)N(C)C1=O. The van der Waals surface area contributed by atoms with E-state index < -0.39 is 0 Å². The number of imidazole rings is 1. The fraction of sp³-hybridized carbons (Fsp3) is 0.588. The molecule has 3 aliphatic heterocycles. The summed E-state index contributed by atoms with van der Waals surface area (Å²) in [5.74, 6) is 1.79. The maximum atomic E-state index is 12.3. The van der Waals surface area contributed by atoms with Gasteiger partial charge in [-0.1, -0.05) is 0 Å². The van der Waals surface area contributed by atoms with Crippen LogP contribution in [-0.4, -0.2) is 93.0 Å². The Bertz CT molecular complexity index is 899. The molecule has 0 spiro atoms. The number of H-pyrrole nitrogens is 1. The number of anilines is 1. The van der Waals surface area contributed by atoms with Crippen molar-refractivity contribution in [1.29, 1.82) is 0 Å². The summed E-state index contributed by atoms with van der Waals surface area (Å²) in [5, 5.41) is 0. The average Bonchev–Trinajstić information content (AvgIpc) is 3.36. The first-order valence-electron chi connectivity index (χ1n) is 9.19. The number of nitrogens with one attached hydrogen (secondary N) is 1. The summed E-state index contributed by atoms with van der Waals surface area (Å²) in [5.41, 5.74) is 1.56. The zero-order valence-corrected chi connectivity index (χ0v) is 15.4. The number of imide groups is 1. The Morgan fingerprint density at radius 2 is 1.78 bits per heavy atom.